The summed E-state index contributed by atoms with van der Waals surface area (Å²) in [4.78, 5) is 25.8. The molecule has 29 heavy (non-hydrogen) atoms. The van der Waals surface area contributed by atoms with Gasteiger partial charge in [0, 0.05) is 23.7 Å². The van der Waals surface area contributed by atoms with Crippen LogP contribution in [0.5, 0.6) is 0 Å². The van der Waals surface area contributed by atoms with Crippen molar-refractivity contribution in [2.45, 2.75) is 31.6 Å². The Hall–Kier alpha value is -2.23. The zero-order valence-corrected chi connectivity index (χ0v) is 18.1. The number of amides is 2. The van der Waals surface area contributed by atoms with Gasteiger partial charge in [0.15, 0.2) is 0 Å². The average Bonchev–Trinajstić information content (AvgIpc) is 3.13. The van der Waals surface area contributed by atoms with Gasteiger partial charge in [-0.25, -0.2) is 8.42 Å². The van der Waals surface area contributed by atoms with Gasteiger partial charge in [-0.3, -0.25) is 9.59 Å². The van der Waals surface area contributed by atoms with Gasteiger partial charge in [-0.15, -0.1) is 11.3 Å². The zero-order valence-electron chi connectivity index (χ0n) is 16.5. The Kier molecular flexibility index (Phi) is 6.71. The van der Waals surface area contributed by atoms with Crippen LogP contribution in [0.1, 0.15) is 34.3 Å². The Labute approximate surface area is 175 Å². The minimum atomic E-state index is -3.53. The SMILES string of the molecule is Cc1ccc(C(=O)NCC(=O)Nc2ccc(S(=O)(=O)N3CCC[C@@H](C)C3)cc2)s1. The molecule has 0 spiro atoms. The molecule has 1 fully saturated rings. The molecule has 0 radical (unpaired) electrons. The average molecular weight is 436 g/mol. The lowest BCUT2D eigenvalue weighted by molar-refractivity contribution is -0.115. The number of carbonyl (C=O) groups excluding carboxylic acids is 2. The maximum atomic E-state index is 12.8. The number of nitrogens with zero attached hydrogens (tertiary/aromatic N) is 1. The van der Waals surface area contributed by atoms with Crippen LogP contribution in [0.4, 0.5) is 5.69 Å². The third-order valence-electron chi connectivity index (χ3n) is 4.77. The first kappa shape index (κ1) is 21.5. The number of carbonyl (C=O) groups is 2. The third kappa shape index (κ3) is 5.43. The zero-order chi connectivity index (χ0) is 21.0. The maximum Gasteiger partial charge on any atom is 0.261 e. The maximum absolute atomic E-state index is 12.8. The van der Waals surface area contributed by atoms with Crippen molar-refractivity contribution in [3.8, 4) is 0 Å². The van der Waals surface area contributed by atoms with Gasteiger partial charge >= 0.3 is 0 Å². The Morgan fingerprint density at radius 1 is 1.17 bits per heavy atom. The van der Waals surface area contributed by atoms with E-state index in [2.05, 4.69) is 17.6 Å². The molecular formula is C20H25N3O4S2. The molecule has 1 saturated heterocycles. The first-order valence-electron chi connectivity index (χ1n) is 9.50. The van der Waals surface area contributed by atoms with Gasteiger partial charge in [-0.05, 0) is 62.1 Å². The topological polar surface area (TPSA) is 95.6 Å². The second kappa shape index (κ2) is 9.06. The van der Waals surface area contributed by atoms with Gasteiger partial charge in [0.25, 0.3) is 5.91 Å². The van der Waals surface area contributed by atoms with Crippen molar-refractivity contribution in [3.05, 3.63) is 46.2 Å². The van der Waals surface area contributed by atoms with E-state index in [9.17, 15) is 18.0 Å². The van der Waals surface area contributed by atoms with Crippen LogP contribution in [-0.2, 0) is 14.8 Å². The lowest BCUT2D eigenvalue weighted by atomic mass is 10.0. The van der Waals surface area contributed by atoms with E-state index >= 15 is 0 Å². The van der Waals surface area contributed by atoms with Crippen molar-refractivity contribution in [2.75, 3.05) is 25.0 Å². The van der Waals surface area contributed by atoms with Gasteiger partial charge < -0.3 is 10.6 Å². The van der Waals surface area contributed by atoms with E-state index in [4.69, 9.17) is 0 Å². The molecule has 0 bridgehead atoms. The number of aryl methyl sites for hydroxylation is 1. The van der Waals surface area contributed by atoms with Crippen LogP contribution < -0.4 is 10.6 Å². The molecule has 1 aliphatic rings. The highest BCUT2D eigenvalue weighted by molar-refractivity contribution is 7.89. The molecule has 3 rings (SSSR count). The van der Waals surface area contributed by atoms with Gasteiger partial charge in [0.05, 0.1) is 16.3 Å². The molecule has 9 heteroatoms. The third-order valence-corrected chi connectivity index (χ3v) is 7.65. The lowest BCUT2D eigenvalue weighted by Crippen LogP contribution is -2.39. The smallest absolute Gasteiger partial charge is 0.261 e. The molecule has 0 unspecified atom stereocenters. The highest BCUT2D eigenvalue weighted by atomic mass is 32.2. The first-order valence-corrected chi connectivity index (χ1v) is 11.8. The number of sulfonamides is 1. The van der Waals surface area contributed by atoms with Gasteiger partial charge in [-0.2, -0.15) is 4.31 Å². The number of thiophene rings is 1. The predicted octanol–water partition coefficient (Wildman–Crippen LogP) is 2.85. The van der Waals surface area contributed by atoms with Crippen molar-refractivity contribution < 1.29 is 18.0 Å². The normalized spacial score (nSPS) is 17.7. The Morgan fingerprint density at radius 3 is 2.52 bits per heavy atom. The number of anilines is 1. The van der Waals surface area contributed by atoms with E-state index in [0.717, 1.165) is 17.7 Å². The molecule has 7 nitrogen and oxygen atoms in total. The number of hydrogen-bond acceptors (Lipinski definition) is 5. The van der Waals surface area contributed by atoms with Crippen LogP contribution >= 0.6 is 11.3 Å². The summed E-state index contributed by atoms with van der Waals surface area (Å²) in [6, 6.07) is 9.68. The predicted molar refractivity (Wildman–Crippen MR) is 114 cm³/mol. The number of benzene rings is 1. The number of nitrogens with one attached hydrogen (secondary N) is 2. The molecule has 156 valence electrons. The fraction of sp³-hybridized carbons (Fsp3) is 0.400. The van der Waals surface area contributed by atoms with E-state index in [1.807, 2.05) is 13.0 Å². The highest BCUT2D eigenvalue weighted by Crippen LogP contribution is 2.24. The minimum Gasteiger partial charge on any atom is -0.342 e. The van der Waals surface area contributed by atoms with Crippen LogP contribution in [0.2, 0.25) is 0 Å². The van der Waals surface area contributed by atoms with E-state index < -0.39 is 10.0 Å². The molecule has 2 heterocycles. The Morgan fingerprint density at radius 2 is 1.90 bits per heavy atom. The summed E-state index contributed by atoms with van der Waals surface area (Å²) in [5.41, 5.74) is 0.474. The summed E-state index contributed by atoms with van der Waals surface area (Å²) >= 11 is 1.36. The summed E-state index contributed by atoms with van der Waals surface area (Å²) in [6.07, 6.45) is 1.91. The standard InChI is InChI=1S/C20H25N3O4S2/c1-14-4-3-11-23(13-14)29(26,27)17-8-6-16(7-9-17)22-19(24)12-21-20(25)18-10-5-15(2)28-18/h5-10,14H,3-4,11-13H2,1-2H3,(H,21,25)(H,22,24)/t14-/m1/s1. The molecular weight excluding hydrogens is 410 g/mol. The van der Waals surface area contributed by atoms with Crippen molar-refractivity contribution in [1.29, 1.82) is 0 Å². The summed E-state index contributed by atoms with van der Waals surface area (Å²) < 4.78 is 27.1. The summed E-state index contributed by atoms with van der Waals surface area (Å²) in [5, 5.41) is 5.23. The minimum absolute atomic E-state index is 0.165. The van der Waals surface area contributed by atoms with Crippen molar-refractivity contribution in [3.63, 3.8) is 0 Å². The van der Waals surface area contributed by atoms with Crippen molar-refractivity contribution in [2.24, 2.45) is 5.92 Å². The van der Waals surface area contributed by atoms with E-state index in [1.54, 1.807) is 18.2 Å². The number of hydrogen-bond donors (Lipinski definition) is 2. The molecule has 1 aromatic carbocycles. The first-order chi connectivity index (χ1) is 13.8. The van der Waals surface area contributed by atoms with Crippen LogP contribution in [0.25, 0.3) is 0 Å². The van der Waals surface area contributed by atoms with Crippen LogP contribution in [0.3, 0.4) is 0 Å². The fourth-order valence-corrected chi connectivity index (χ4v) is 5.62. The molecule has 2 amide bonds. The van der Waals surface area contributed by atoms with Crippen molar-refractivity contribution >= 4 is 38.9 Å². The number of rotatable bonds is 6. The molecule has 1 aliphatic heterocycles. The highest BCUT2D eigenvalue weighted by Gasteiger charge is 2.28. The monoisotopic (exact) mass is 435 g/mol. The molecule has 1 aromatic heterocycles. The van der Waals surface area contributed by atoms with Gasteiger partial charge in [-0.1, -0.05) is 6.92 Å². The van der Waals surface area contributed by atoms with Gasteiger partial charge in [0.2, 0.25) is 15.9 Å². The van der Waals surface area contributed by atoms with E-state index in [0.29, 0.717) is 29.6 Å². The Bertz CT molecular complexity index is 983. The molecule has 1 atom stereocenters. The summed E-state index contributed by atoms with van der Waals surface area (Å²) in [7, 11) is -3.53. The van der Waals surface area contributed by atoms with Gasteiger partial charge in [0.1, 0.15) is 0 Å². The Balaban J connectivity index is 1.55. The second-order valence-corrected chi connectivity index (χ2v) is 10.5. The number of piperidine rings is 1. The molecule has 2 N–H and O–H groups in total. The fourth-order valence-electron chi connectivity index (χ4n) is 3.23. The molecule has 2 aromatic rings. The summed E-state index contributed by atoms with van der Waals surface area (Å²) in [5.74, 6) is -0.326. The summed E-state index contributed by atoms with van der Waals surface area (Å²) in [6.45, 7) is 4.86. The molecule has 0 aliphatic carbocycles. The van der Waals surface area contributed by atoms with E-state index in [-0.39, 0.29) is 23.3 Å². The van der Waals surface area contributed by atoms with Crippen LogP contribution in [0.15, 0.2) is 41.3 Å². The van der Waals surface area contributed by atoms with Crippen LogP contribution in [0, 0.1) is 12.8 Å². The molecule has 0 saturated carbocycles. The lowest BCUT2D eigenvalue weighted by Gasteiger charge is -2.30. The van der Waals surface area contributed by atoms with E-state index in [1.165, 1.54) is 27.8 Å². The second-order valence-electron chi connectivity index (χ2n) is 7.28. The van der Waals surface area contributed by atoms with Crippen LogP contribution in [-0.4, -0.2) is 44.2 Å². The largest absolute Gasteiger partial charge is 0.342 e. The quantitative estimate of drug-likeness (QED) is 0.729. The van der Waals surface area contributed by atoms with Crippen molar-refractivity contribution in [1.82, 2.24) is 9.62 Å².